The number of sulfonamides is 1. The Morgan fingerprint density at radius 3 is 2.41 bits per heavy atom. The molecule has 0 aliphatic carbocycles. The van der Waals surface area contributed by atoms with Gasteiger partial charge < -0.3 is 4.98 Å². The number of imidazole rings is 1. The van der Waals surface area contributed by atoms with Crippen molar-refractivity contribution in [3.63, 3.8) is 0 Å². The largest absolute Gasteiger partial charge is 0.409 e. The third-order valence-electron chi connectivity index (χ3n) is 4.09. The van der Waals surface area contributed by atoms with Gasteiger partial charge in [0.25, 0.3) is 0 Å². The van der Waals surface area contributed by atoms with Crippen molar-refractivity contribution in [1.29, 1.82) is 0 Å². The number of rotatable bonds is 5. The minimum atomic E-state index is -4.89. The van der Waals surface area contributed by atoms with E-state index in [9.17, 15) is 26.0 Å². The minimum Gasteiger partial charge on any atom is -0.345 e. The summed E-state index contributed by atoms with van der Waals surface area (Å²) >= 11 is 0. The quantitative estimate of drug-likeness (QED) is 0.657. The topological polar surface area (TPSA) is 66.1 Å². The van der Waals surface area contributed by atoms with E-state index in [2.05, 4.69) is 9.97 Å². The summed E-state index contributed by atoms with van der Waals surface area (Å²) in [7, 11) is -4.49. The maximum atomic E-state index is 13.8. The van der Waals surface area contributed by atoms with Crippen LogP contribution < -0.4 is 0 Å². The fraction of sp³-hybridized carbons (Fsp3) is 0.235. The molecule has 0 aliphatic heterocycles. The van der Waals surface area contributed by atoms with E-state index in [1.807, 2.05) is 0 Å². The van der Waals surface area contributed by atoms with Gasteiger partial charge in [0.05, 0.1) is 22.3 Å². The first kappa shape index (κ1) is 19.3. The molecule has 0 saturated heterocycles. The summed E-state index contributed by atoms with van der Waals surface area (Å²) < 4.78 is 80.8. The van der Waals surface area contributed by atoms with Crippen LogP contribution in [-0.2, 0) is 10.0 Å². The number of alkyl halides is 3. The molecule has 5 nitrogen and oxygen atoms in total. The number of aromatic amines is 1. The third kappa shape index (κ3) is 3.67. The smallest absolute Gasteiger partial charge is 0.345 e. The molecule has 0 saturated carbocycles. The van der Waals surface area contributed by atoms with Crippen LogP contribution in [0.4, 0.5) is 17.6 Å². The summed E-state index contributed by atoms with van der Waals surface area (Å²) in [6.07, 6.45) is -3.53. The Balaban J connectivity index is 2.11. The summed E-state index contributed by atoms with van der Waals surface area (Å²) in [4.78, 5) is 6.39. The lowest BCUT2D eigenvalue weighted by molar-refractivity contribution is -0.173. The SMILES string of the molecule is CCN(C(c1ccc(F)cc1)C(F)(F)F)S(=O)(=O)c1ccc2nc[nH]c2c1. The van der Waals surface area contributed by atoms with Crippen LogP contribution in [0.3, 0.4) is 0 Å². The first-order valence-corrected chi connectivity index (χ1v) is 9.35. The molecule has 2 aromatic carbocycles. The maximum Gasteiger partial charge on any atom is 0.409 e. The van der Waals surface area contributed by atoms with E-state index in [1.54, 1.807) is 0 Å². The highest BCUT2D eigenvalue weighted by molar-refractivity contribution is 7.89. The predicted molar refractivity (Wildman–Crippen MR) is 90.9 cm³/mol. The highest BCUT2D eigenvalue weighted by Crippen LogP contribution is 2.40. The second-order valence-electron chi connectivity index (χ2n) is 5.79. The highest BCUT2D eigenvalue weighted by Gasteiger charge is 2.48. The van der Waals surface area contributed by atoms with E-state index in [1.165, 1.54) is 31.5 Å². The van der Waals surface area contributed by atoms with Gasteiger partial charge in [-0.1, -0.05) is 19.1 Å². The molecule has 0 aliphatic rings. The lowest BCUT2D eigenvalue weighted by Gasteiger charge is -2.31. The van der Waals surface area contributed by atoms with Crippen molar-refractivity contribution >= 4 is 21.1 Å². The van der Waals surface area contributed by atoms with E-state index >= 15 is 0 Å². The zero-order valence-electron chi connectivity index (χ0n) is 14.0. The average Bonchev–Trinajstić information content (AvgIpc) is 3.07. The molecule has 1 atom stereocenters. The monoisotopic (exact) mass is 401 g/mol. The third-order valence-corrected chi connectivity index (χ3v) is 6.03. The molecule has 3 rings (SSSR count). The second kappa shape index (κ2) is 6.93. The zero-order valence-corrected chi connectivity index (χ0v) is 14.9. The molecule has 0 fully saturated rings. The molecule has 0 spiro atoms. The van der Waals surface area contributed by atoms with E-state index in [0.717, 1.165) is 24.3 Å². The standard InChI is InChI=1S/C17H15F4N3O2S/c1-2-24(16(17(19,20)21)11-3-5-12(18)6-4-11)27(25,26)13-7-8-14-15(9-13)23-10-22-14/h3-10,16H,2H2,1H3,(H,22,23). The van der Waals surface area contributed by atoms with Gasteiger partial charge >= 0.3 is 6.18 Å². The van der Waals surface area contributed by atoms with Crippen LogP contribution in [0.1, 0.15) is 18.5 Å². The van der Waals surface area contributed by atoms with Crippen molar-refractivity contribution in [2.45, 2.75) is 24.0 Å². The van der Waals surface area contributed by atoms with Crippen LogP contribution in [-0.4, -0.2) is 35.4 Å². The molecule has 0 amide bonds. The number of fused-ring (bicyclic) bond motifs is 1. The number of nitrogens with zero attached hydrogens (tertiary/aromatic N) is 2. The van der Waals surface area contributed by atoms with Crippen LogP contribution in [0.25, 0.3) is 11.0 Å². The Hall–Kier alpha value is -2.46. The minimum absolute atomic E-state index is 0.294. The van der Waals surface area contributed by atoms with Crippen molar-refractivity contribution < 1.29 is 26.0 Å². The Kier molecular flexibility index (Phi) is 4.96. The number of halogens is 4. The lowest BCUT2D eigenvalue weighted by Crippen LogP contribution is -2.42. The number of hydrogen-bond acceptors (Lipinski definition) is 3. The highest BCUT2D eigenvalue weighted by atomic mass is 32.2. The molecule has 1 N–H and O–H groups in total. The molecular weight excluding hydrogens is 386 g/mol. The zero-order chi connectivity index (χ0) is 19.8. The number of benzene rings is 2. The second-order valence-corrected chi connectivity index (χ2v) is 7.68. The van der Waals surface area contributed by atoms with Crippen LogP contribution in [0.5, 0.6) is 0 Å². The molecule has 0 bridgehead atoms. The Bertz CT molecular complexity index is 1050. The van der Waals surface area contributed by atoms with Gasteiger partial charge in [-0.15, -0.1) is 0 Å². The van der Waals surface area contributed by atoms with Crippen LogP contribution in [0, 0.1) is 5.82 Å². The average molecular weight is 401 g/mol. The van der Waals surface area contributed by atoms with Gasteiger partial charge in [-0.05, 0) is 35.9 Å². The van der Waals surface area contributed by atoms with Crippen LogP contribution in [0.15, 0.2) is 53.7 Å². The van der Waals surface area contributed by atoms with Gasteiger partial charge in [0, 0.05) is 6.54 Å². The fourth-order valence-electron chi connectivity index (χ4n) is 2.87. The van der Waals surface area contributed by atoms with Crippen LogP contribution in [0.2, 0.25) is 0 Å². The number of aromatic nitrogens is 2. The van der Waals surface area contributed by atoms with Crippen molar-refractivity contribution in [2.75, 3.05) is 6.54 Å². The van der Waals surface area contributed by atoms with Gasteiger partial charge in [0.2, 0.25) is 10.0 Å². The normalized spacial score (nSPS) is 14.0. The molecule has 1 aromatic heterocycles. The molecule has 1 heterocycles. The summed E-state index contributed by atoms with van der Waals surface area (Å²) in [6, 6.07) is 5.01. The van der Waals surface area contributed by atoms with Gasteiger partial charge in [-0.3, -0.25) is 0 Å². The van der Waals surface area contributed by atoms with E-state index in [0.29, 0.717) is 15.3 Å². The van der Waals surface area contributed by atoms with Crippen LogP contribution >= 0.6 is 0 Å². The first-order valence-electron chi connectivity index (χ1n) is 7.91. The summed E-state index contributed by atoms with van der Waals surface area (Å²) in [6.45, 7) is 0.888. The molecule has 0 radical (unpaired) electrons. The predicted octanol–water partition coefficient (Wildman–Crippen LogP) is 4.02. The Morgan fingerprint density at radius 2 is 1.81 bits per heavy atom. The van der Waals surface area contributed by atoms with Crippen molar-refractivity contribution in [3.8, 4) is 0 Å². The first-order chi connectivity index (χ1) is 12.6. The van der Waals surface area contributed by atoms with Gasteiger partial charge in [-0.2, -0.15) is 17.5 Å². The van der Waals surface area contributed by atoms with Gasteiger partial charge in [0.1, 0.15) is 11.9 Å². The van der Waals surface area contributed by atoms with Crippen molar-refractivity contribution in [3.05, 3.63) is 60.2 Å². The van der Waals surface area contributed by atoms with Gasteiger partial charge in [0.15, 0.2) is 0 Å². The number of nitrogens with one attached hydrogen (secondary N) is 1. The van der Waals surface area contributed by atoms with Crippen molar-refractivity contribution in [2.24, 2.45) is 0 Å². The molecule has 1 unspecified atom stereocenters. The van der Waals surface area contributed by atoms with E-state index in [4.69, 9.17) is 0 Å². The number of hydrogen-bond donors (Lipinski definition) is 1. The molecule has 27 heavy (non-hydrogen) atoms. The van der Waals surface area contributed by atoms with Gasteiger partial charge in [-0.25, -0.2) is 17.8 Å². The summed E-state index contributed by atoms with van der Waals surface area (Å²) in [5, 5.41) is 0. The molecule has 10 heteroatoms. The van der Waals surface area contributed by atoms with E-state index < -0.39 is 34.6 Å². The summed E-state index contributed by atoms with van der Waals surface area (Å²) in [5.74, 6) is -0.713. The van der Waals surface area contributed by atoms with E-state index in [-0.39, 0.29) is 10.5 Å². The van der Waals surface area contributed by atoms with Crippen molar-refractivity contribution in [1.82, 2.24) is 14.3 Å². The fourth-order valence-corrected chi connectivity index (χ4v) is 4.50. The molecule has 3 aromatic rings. The Morgan fingerprint density at radius 1 is 1.15 bits per heavy atom. The summed E-state index contributed by atoms with van der Waals surface area (Å²) in [5.41, 5.74) is 0.511. The molecule has 144 valence electrons. The maximum absolute atomic E-state index is 13.8. The number of H-pyrrole nitrogens is 1. The lowest BCUT2D eigenvalue weighted by atomic mass is 10.1. The Labute approximate surface area is 152 Å². The molecular formula is C17H15F4N3O2S.